The van der Waals surface area contributed by atoms with Gasteiger partial charge >= 0.3 is 0 Å². The first-order valence-corrected chi connectivity index (χ1v) is 6.35. The molecule has 96 valence electrons. The number of pyridine rings is 1. The van der Waals surface area contributed by atoms with Crippen molar-refractivity contribution < 1.29 is 4.42 Å². The summed E-state index contributed by atoms with van der Waals surface area (Å²) < 4.78 is 5.94. The topological polar surface area (TPSA) is 38.1 Å². The molecule has 0 aliphatic heterocycles. The molecule has 0 aliphatic carbocycles. The summed E-state index contributed by atoms with van der Waals surface area (Å²) in [5.74, 6) is 0.913. The van der Waals surface area contributed by atoms with Crippen LogP contribution in [0.5, 0.6) is 0 Å². The van der Waals surface area contributed by atoms with Gasteiger partial charge in [-0.15, -0.1) is 0 Å². The number of aryl methyl sites for hydroxylation is 1. The molecule has 2 aromatic heterocycles. The number of benzene rings is 1. The molecule has 3 aromatic rings. The fourth-order valence-corrected chi connectivity index (χ4v) is 2.35. The van der Waals surface area contributed by atoms with Gasteiger partial charge in [-0.2, -0.15) is 0 Å². The van der Waals surface area contributed by atoms with Crippen LogP contribution in [0.4, 0.5) is 0 Å². The molecule has 2 heterocycles. The van der Waals surface area contributed by atoms with Crippen LogP contribution in [0.15, 0.2) is 53.2 Å². The predicted octanol–water partition coefficient (Wildman–Crippen LogP) is 3.45. The van der Waals surface area contributed by atoms with Crippen LogP contribution >= 0.6 is 0 Å². The maximum atomic E-state index is 5.94. The van der Waals surface area contributed by atoms with Gasteiger partial charge in [0, 0.05) is 17.8 Å². The van der Waals surface area contributed by atoms with Crippen molar-refractivity contribution in [3.63, 3.8) is 0 Å². The van der Waals surface area contributed by atoms with E-state index in [1.54, 1.807) is 6.20 Å². The van der Waals surface area contributed by atoms with Gasteiger partial charge in [0.15, 0.2) is 0 Å². The first kappa shape index (κ1) is 11.9. The first-order chi connectivity index (χ1) is 9.28. The summed E-state index contributed by atoms with van der Waals surface area (Å²) in [6, 6.07) is 12.3. The monoisotopic (exact) mass is 252 g/mol. The Labute approximate surface area is 112 Å². The highest BCUT2D eigenvalue weighted by molar-refractivity contribution is 5.78. The van der Waals surface area contributed by atoms with Crippen molar-refractivity contribution in [1.82, 2.24) is 10.3 Å². The van der Waals surface area contributed by atoms with E-state index in [0.29, 0.717) is 0 Å². The Hall–Kier alpha value is -2.13. The summed E-state index contributed by atoms with van der Waals surface area (Å²) in [6.07, 6.45) is 3.64. The fraction of sp³-hybridized carbons (Fsp3) is 0.188. The number of hydrogen-bond acceptors (Lipinski definition) is 3. The molecule has 3 nitrogen and oxygen atoms in total. The molecule has 1 N–H and O–H groups in total. The number of nitrogens with one attached hydrogen (secondary N) is 1. The lowest BCUT2D eigenvalue weighted by atomic mass is 10.1. The molecular formula is C16H16N2O. The molecule has 0 radical (unpaired) electrons. The zero-order valence-corrected chi connectivity index (χ0v) is 11.1. The molecule has 1 unspecified atom stereocenters. The molecule has 1 aromatic carbocycles. The highest BCUT2D eigenvalue weighted by Crippen LogP contribution is 2.28. The zero-order valence-electron chi connectivity index (χ0n) is 11.1. The van der Waals surface area contributed by atoms with Crippen molar-refractivity contribution in [1.29, 1.82) is 0 Å². The van der Waals surface area contributed by atoms with E-state index in [2.05, 4.69) is 35.4 Å². The Morgan fingerprint density at radius 2 is 2.11 bits per heavy atom. The smallest absolute Gasteiger partial charge is 0.134 e. The number of rotatable bonds is 3. The van der Waals surface area contributed by atoms with E-state index in [9.17, 15) is 0 Å². The van der Waals surface area contributed by atoms with Crippen LogP contribution in [0, 0.1) is 6.92 Å². The lowest BCUT2D eigenvalue weighted by Crippen LogP contribution is -2.16. The van der Waals surface area contributed by atoms with E-state index in [-0.39, 0.29) is 6.04 Å². The van der Waals surface area contributed by atoms with Gasteiger partial charge in [-0.05, 0) is 43.8 Å². The minimum absolute atomic E-state index is 0.0291. The Morgan fingerprint density at radius 1 is 1.21 bits per heavy atom. The molecule has 0 saturated heterocycles. The minimum Gasteiger partial charge on any atom is -0.459 e. The van der Waals surface area contributed by atoms with Gasteiger partial charge in [0.25, 0.3) is 0 Å². The van der Waals surface area contributed by atoms with Gasteiger partial charge in [-0.1, -0.05) is 17.7 Å². The van der Waals surface area contributed by atoms with Crippen LogP contribution in [0.3, 0.4) is 0 Å². The minimum atomic E-state index is 0.0291. The molecule has 0 aliphatic rings. The average Bonchev–Trinajstić information content (AvgIpc) is 2.83. The Kier molecular flexibility index (Phi) is 3.05. The van der Waals surface area contributed by atoms with E-state index < -0.39 is 0 Å². The summed E-state index contributed by atoms with van der Waals surface area (Å²) in [5.41, 5.74) is 3.26. The van der Waals surface area contributed by atoms with E-state index >= 15 is 0 Å². The first-order valence-electron chi connectivity index (χ1n) is 6.35. The zero-order chi connectivity index (χ0) is 13.2. The number of aromatic nitrogens is 1. The Morgan fingerprint density at radius 3 is 2.84 bits per heavy atom. The fourth-order valence-electron chi connectivity index (χ4n) is 2.35. The van der Waals surface area contributed by atoms with E-state index in [1.165, 1.54) is 5.56 Å². The van der Waals surface area contributed by atoms with Crippen LogP contribution < -0.4 is 5.32 Å². The number of hydrogen-bond donors (Lipinski definition) is 1. The summed E-state index contributed by atoms with van der Waals surface area (Å²) >= 11 is 0. The molecular weight excluding hydrogens is 236 g/mol. The van der Waals surface area contributed by atoms with Crippen LogP contribution in [0.1, 0.15) is 22.9 Å². The Balaban J connectivity index is 2.07. The van der Waals surface area contributed by atoms with Gasteiger partial charge in [0.1, 0.15) is 11.3 Å². The summed E-state index contributed by atoms with van der Waals surface area (Å²) in [6.45, 7) is 2.09. The summed E-state index contributed by atoms with van der Waals surface area (Å²) in [7, 11) is 1.93. The van der Waals surface area contributed by atoms with E-state index in [1.807, 2.05) is 31.4 Å². The van der Waals surface area contributed by atoms with Crippen LogP contribution in [-0.2, 0) is 0 Å². The van der Waals surface area contributed by atoms with Crippen molar-refractivity contribution >= 4 is 11.0 Å². The third-order valence-corrected chi connectivity index (χ3v) is 3.28. The third kappa shape index (κ3) is 2.25. The molecule has 0 saturated carbocycles. The quantitative estimate of drug-likeness (QED) is 0.776. The molecule has 1 atom stereocenters. The second-order valence-electron chi connectivity index (χ2n) is 4.70. The number of nitrogens with zero attached hydrogens (tertiary/aromatic N) is 1. The Bertz CT molecular complexity index is 688. The molecule has 3 rings (SSSR count). The predicted molar refractivity (Wildman–Crippen MR) is 76.1 cm³/mol. The summed E-state index contributed by atoms with van der Waals surface area (Å²) in [5, 5.41) is 4.41. The van der Waals surface area contributed by atoms with Crippen molar-refractivity contribution in [3.8, 4) is 0 Å². The molecule has 0 amide bonds. The third-order valence-electron chi connectivity index (χ3n) is 3.28. The van der Waals surface area contributed by atoms with Gasteiger partial charge in [0.05, 0.1) is 6.04 Å². The lowest BCUT2D eigenvalue weighted by molar-refractivity contribution is 0.491. The van der Waals surface area contributed by atoms with E-state index in [4.69, 9.17) is 4.42 Å². The van der Waals surface area contributed by atoms with Crippen LogP contribution in [-0.4, -0.2) is 12.0 Å². The maximum Gasteiger partial charge on any atom is 0.134 e. The van der Waals surface area contributed by atoms with Crippen molar-refractivity contribution in [3.05, 3.63) is 65.7 Å². The second-order valence-corrected chi connectivity index (χ2v) is 4.70. The lowest BCUT2D eigenvalue weighted by Gasteiger charge is -2.12. The molecule has 0 bridgehead atoms. The number of fused-ring (bicyclic) bond motifs is 1. The summed E-state index contributed by atoms with van der Waals surface area (Å²) in [4.78, 5) is 4.17. The van der Waals surface area contributed by atoms with Gasteiger partial charge in [-0.3, -0.25) is 4.98 Å². The largest absolute Gasteiger partial charge is 0.459 e. The van der Waals surface area contributed by atoms with Gasteiger partial charge in [-0.25, -0.2) is 0 Å². The normalized spacial score (nSPS) is 12.7. The molecule has 0 fully saturated rings. The maximum absolute atomic E-state index is 5.94. The van der Waals surface area contributed by atoms with Crippen molar-refractivity contribution in [2.45, 2.75) is 13.0 Å². The second kappa shape index (κ2) is 4.86. The molecule has 3 heteroatoms. The average molecular weight is 252 g/mol. The van der Waals surface area contributed by atoms with Crippen molar-refractivity contribution in [2.24, 2.45) is 0 Å². The van der Waals surface area contributed by atoms with Gasteiger partial charge < -0.3 is 9.73 Å². The highest BCUT2D eigenvalue weighted by atomic mass is 16.3. The van der Waals surface area contributed by atoms with Crippen molar-refractivity contribution in [2.75, 3.05) is 7.05 Å². The van der Waals surface area contributed by atoms with Gasteiger partial charge in [0.2, 0.25) is 0 Å². The number of furan rings is 1. The SMILES string of the molecule is CNC(c1cccnc1)c1cc2cc(C)ccc2o1. The highest BCUT2D eigenvalue weighted by Gasteiger charge is 2.16. The molecule has 0 spiro atoms. The van der Waals surface area contributed by atoms with E-state index in [0.717, 1.165) is 22.3 Å². The standard InChI is InChI=1S/C16H16N2O/c1-11-5-6-14-13(8-11)9-15(19-14)16(17-2)12-4-3-7-18-10-12/h3-10,16-17H,1-2H3. The van der Waals surface area contributed by atoms with Crippen LogP contribution in [0.25, 0.3) is 11.0 Å². The molecule has 19 heavy (non-hydrogen) atoms. The van der Waals surface area contributed by atoms with Crippen LogP contribution in [0.2, 0.25) is 0 Å².